The molecule has 1 unspecified atom stereocenters. The van der Waals surface area contributed by atoms with Gasteiger partial charge < -0.3 is 14.7 Å². The number of rotatable bonds is 18. The summed E-state index contributed by atoms with van der Waals surface area (Å²) in [6, 6.07) is 0.800. The van der Waals surface area contributed by atoms with E-state index in [0.29, 0.717) is 0 Å². The first-order chi connectivity index (χ1) is 15.8. The highest BCUT2D eigenvalue weighted by atomic mass is 15.3. The van der Waals surface area contributed by atoms with E-state index < -0.39 is 0 Å². The van der Waals surface area contributed by atoms with Crippen LogP contribution >= 0.6 is 0 Å². The molecule has 0 amide bonds. The molecular formula is C28H57N4. The summed E-state index contributed by atoms with van der Waals surface area (Å²) in [5.41, 5.74) is 0. The molecule has 0 aromatic rings. The van der Waals surface area contributed by atoms with Gasteiger partial charge in [-0.1, -0.05) is 72.1 Å². The van der Waals surface area contributed by atoms with E-state index in [0.717, 1.165) is 12.5 Å². The molecule has 0 aromatic carbocycles. The molecular weight excluding hydrogens is 392 g/mol. The van der Waals surface area contributed by atoms with Crippen LogP contribution in [-0.2, 0) is 0 Å². The molecule has 1 radical (unpaired) electrons. The van der Waals surface area contributed by atoms with Crippen LogP contribution in [0, 0.1) is 6.92 Å². The molecule has 2 rings (SSSR count). The first kappa shape index (κ1) is 28.1. The van der Waals surface area contributed by atoms with E-state index in [1.165, 1.54) is 149 Å². The minimum Gasteiger partial charge on any atom is -0.301 e. The van der Waals surface area contributed by atoms with E-state index in [9.17, 15) is 0 Å². The summed E-state index contributed by atoms with van der Waals surface area (Å²) in [6.07, 6.45) is 17.6. The SMILES string of the molecule is [CH2]CCCC(CCCCN1CCN(CCCCC)CC1)N1CCN(CCCCCC)CC1. The van der Waals surface area contributed by atoms with Crippen LogP contribution in [0.25, 0.3) is 0 Å². The molecule has 189 valence electrons. The molecule has 2 heterocycles. The van der Waals surface area contributed by atoms with Crippen molar-refractivity contribution in [3.63, 3.8) is 0 Å². The monoisotopic (exact) mass is 449 g/mol. The second-order valence-corrected chi connectivity index (χ2v) is 10.5. The van der Waals surface area contributed by atoms with E-state index in [4.69, 9.17) is 0 Å². The maximum absolute atomic E-state index is 4.11. The second kappa shape index (κ2) is 18.2. The molecule has 2 aliphatic rings. The Hall–Kier alpha value is -0.160. The van der Waals surface area contributed by atoms with Crippen molar-refractivity contribution in [1.29, 1.82) is 0 Å². The molecule has 0 N–H and O–H groups in total. The third-order valence-electron chi connectivity index (χ3n) is 7.84. The van der Waals surface area contributed by atoms with Crippen LogP contribution in [0.1, 0.15) is 97.3 Å². The van der Waals surface area contributed by atoms with Gasteiger partial charge in [0.25, 0.3) is 0 Å². The highest BCUT2D eigenvalue weighted by molar-refractivity contribution is 4.79. The summed E-state index contributed by atoms with van der Waals surface area (Å²) in [5, 5.41) is 0. The van der Waals surface area contributed by atoms with E-state index in [1.54, 1.807) is 0 Å². The van der Waals surface area contributed by atoms with Gasteiger partial charge in [-0.3, -0.25) is 4.90 Å². The van der Waals surface area contributed by atoms with Crippen molar-refractivity contribution < 1.29 is 0 Å². The smallest absolute Gasteiger partial charge is 0.0113 e. The van der Waals surface area contributed by atoms with Crippen molar-refractivity contribution >= 4 is 0 Å². The van der Waals surface area contributed by atoms with Gasteiger partial charge in [0.15, 0.2) is 0 Å². The van der Waals surface area contributed by atoms with E-state index in [-0.39, 0.29) is 0 Å². The van der Waals surface area contributed by atoms with Crippen LogP contribution in [0.2, 0.25) is 0 Å². The molecule has 2 aliphatic heterocycles. The normalized spacial score (nSPS) is 20.7. The third-order valence-corrected chi connectivity index (χ3v) is 7.84. The lowest BCUT2D eigenvalue weighted by Gasteiger charge is -2.40. The molecule has 4 nitrogen and oxygen atoms in total. The molecule has 4 heteroatoms. The average Bonchev–Trinajstić information content (AvgIpc) is 2.83. The summed E-state index contributed by atoms with van der Waals surface area (Å²) in [4.78, 5) is 10.9. The minimum absolute atomic E-state index is 0.800. The molecule has 0 saturated carbocycles. The highest BCUT2D eigenvalue weighted by Crippen LogP contribution is 2.19. The molecule has 0 spiro atoms. The minimum atomic E-state index is 0.800. The number of hydrogen-bond donors (Lipinski definition) is 0. The third kappa shape index (κ3) is 11.8. The molecule has 0 bridgehead atoms. The van der Waals surface area contributed by atoms with Gasteiger partial charge in [-0.2, -0.15) is 0 Å². The number of nitrogens with zero attached hydrogens (tertiary/aromatic N) is 4. The van der Waals surface area contributed by atoms with Crippen LogP contribution in [0.3, 0.4) is 0 Å². The van der Waals surface area contributed by atoms with Gasteiger partial charge in [-0.05, 0) is 51.7 Å². The Balaban J connectivity index is 1.58. The Labute approximate surface area is 202 Å². The molecule has 32 heavy (non-hydrogen) atoms. The Bertz CT molecular complexity index is 414. The van der Waals surface area contributed by atoms with Gasteiger partial charge in [0.2, 0.25) is 0 Å². The van der Waals surface area contributed by atoms with Crippen LogP contribution in [0.5, 0.6) is 0 Å². The summed E-state index contributed by atoms with van der Waals surface area (Å²) in [6.45, 7) is 23.0. The Morgan fingerprint density at radius 2 is 0.969 bits per heavy atom. The first-order valence-corrected chi connectivity index (χ1v) is 14.5. The summed E-state index contributed by atoms with van der Waals surface area (Å²) in [7, 11) is 0. The van der Waals surface area contributed by atoms with Gasteiger partial charge in [-0.15, -0.1) is 0 Å². The lowest BCUT2D eigenvalue weighted by Crippen LogP contribution is -2.50. The van der Waals surface area contributed by atoms with Gasteiger partial charge in [0.1, 0.15) is 0 Å². The van der Waals surface area contributed by atoms with E-state index >= 15 is 0 Å². The quantitative estimate of drug-likeness (QED) is 0.255. The van der Waals surface area contributed by atoms with Crippen LogP contribution < -0.4 is 0 Å². The molecule has 0 aliphatic carbocycles. The van der Waals surface area contributed by atoms with Crippen LogP contribution in [0.15, 0.2) is 0 Å². The van der Waals surface area contributed by atoms with Gasteiger partial charge in [0, 0.05) is 58.4 Å². The Morgan fingerprint density at radius 3 is 1.50 bits per heavy atom. The molecule has 1 atom stereocenters. The lowest BCUT2D eigenvalue weighted by molar-refractivity contribution is 0.0837. The van der Waals surface area contributed by atoms with Crippen LogP contribution in [0.4, 0.5) is 0 Å². The standard InChI is InChI=1S/C28H57N4/c1-4-7-10-13-18-31-24-26-32(27-25-31)28(15-9-6-3)16-11-14-19-30-22-20-29(21-23-30)17-12-8-5-2/h28H,3-27H2,1-2H3. The van der Waals surface area contributed by atoms with Crippen molar-refractivity contribution in [3.05, 3.63) is 6.92 Å². The van der Waals surface area contributed by atoms with Crippen molar-refractivity contribution in [2.75, 3.05) is 72.0 Å². The number of hydrogen-bond acceptors (Lipinski definition) is 4. The summed E-state index contributed by atoms with van der Waals surface area (Å²) >= 11 is 0. The predicted octanol–water partition coefficient (Wildman–Crippen LogP) is 5.54. The molecule has 2 saturated heterocycles. The zero-order valence-corrected chi connectivity index (χ0v) is 22.0. The van der Waals surface area contributed by atoms with Crippen molar-refractivity contribution in [3.8, 4) is 0 Å². The average molecular weight is 450 g/mol. The predicted molar refractivity (Wildman–Crippen MR) is 141 cm³/mol. The topological polar surface area (TPSA) is 13.0 Å². The van der Waals surface area contributed by atoms with Crippen molar-refractivity contribution in [2.45, 2.75) is 103 Å². The van der Waals surface area contributed by atoms with Gasteiger partial charge in [-0.25, -0.2) is 0 Å². The number of piperazine rings is 2. The lowest BCUT2D eigenvalue weighted by atomic mass is 10.0. The maximum atomic E-state index is 4.11. The Kier molecular flexibility index (Phi) is 16.0. The van der Waals surface area contributed by atoms with Gasteiger partial charge in [0.05, 0.1) is 0 Å². The van der Waals surface area contributed by atoms with Gasteiger partial charge >= 0.3 is 0 Å². The second-order valence-electron chi connectivity index (χ2n) is 10.5. The van der Waals surface area contributed by atoms with E-state index in [2.05, 4.69) is 40.4 Å². The summed E-state index contributed by atoms with van der Waals surface area (Å²) in [5.74, 6) is 0. The fourth-order valence-corrected chi connectivity index (χ4v) is 5.54. The highest BCUT2D eigenvalue weighted by Gasteiger charge is 2.23. The maximum Gasteiger partial charge on any atom is 0.0113 e. The molecule has 0 aromatic heterocycles. The fourth-order valence-electron chi connectivity index (χ4n) is 5.54. The summed E-state index contributed by atoms with van der Waals surface area (Å²) < 4.78 is 0. The number of unbranched alkanes of at least 4 members (excludes halogenated alkanes) is 7. The van der Waals surface area contributed by atoms with Crippen molar-refractivity contribution in [1.82, 2.24) is 19.6 Å². The fraction of sp³-hybridized carbons (Fsp3) is 0.964. The first-order valence-electron chi connectivity index (χ1n) is 14.5. The van der Waals surface area contributed by atoms with E-state index in [1.807, 2.05) is 0 Å². The largest absolute Gasteiger partial charge is 0.301 e. The zero-order valence-electron chi connectivity index (χ0n) is 22.0. The van der Waals surface area contributed by atoms with Crippen molar-refractivity contribution in [2.24, 2.45) is 0 Å². The molecule has 2 fully saturated rings. The zero-order chi connectivity index (χ0) is 22.9. The Morgan fingerprint density at radius 1 is 0.531 bits per heavy atom. The van der Waals surface area contributed by atoms with Crippen LogP contribution in [-0.4, -0.2) is 97.6 Å².